The van der Waals surface area contributed by atoms with Crippen molar-refractivity contribution in [1.29, 1.82) is 0 Å². The van der Waals surface area contributed by atoms with E-state index in [1.165, 1.54) is 12.1 Å². The summed E-state index contributed by atoms with van der Waals surface area (Å²) in [7, 11) is -3.67. The summed E-state index contributed by atoms with van der Waals surface area (Å²) < 4.78 is 26.9. The van der Waals surface area contributed by atoms with Crippen molar-refractivity contribution in [3.05, 3.63) is 48.2 Å². The van der Waals surface area contributed by atoms with E-state index in [4.69, 9.17) is 5.73 Å². The number of pyridine rings is 1. The highest BCUT2D eigenvalue weighted by Gasteiger charge is 2.21. The lowest BCUT2D eigenvalue weighted by Gasteiger charge is -2.19. The third kappa shape index (κ3) is 6.28. The fourth-order valence-electron chi connectivity index (χ4n) is 2.97. The molecule has 2 aromatic rings. The molecule has 0 saturated carbocycles. The van der Waals surface area contributed by atoms with Gasteiger partial charge in [0.1, 0.15) is 5.82 Å². The molecule has 2 heterocycles. The molecule has 1 aromatic carbocycles. The van der Waals surface area contributed by atoms with Crippen LogP contribution in [-0.2, 0) is 10.0 Å². The van der Waals surface area contributed by atoms with Gasteiger partial charge in [0.15, 0.2) is 0 Å². The Morgan fingerprint density at radius 3 is 2.55 bits per heavy atom. The van der Waals surface area contributed by atoms with Gasteiger partial charge in [-0.15, -0.1) is 24.8 Å². The van der Waals surface area contributed by atoms with Crippen molar-refractivity contribution in [2.75, 3.05) is 36.4 Å². The summed E-state index contributed by atoms with van der Waals surface area (Å²) in [5, 5.41) is 2.77. The summed E-state index contributed by atoms with van der Waals surface area (Å²) in [5.74, 6) is 0.329. The van der Waals surface area contributed by atoms with E-state index in [-0.39, 0.29) is 48.7 Å². The third-order valence-electron chi connectivity index (χ3n) is 4.28. The van der Waals surface area contributed by atoms with Crippen LogP contribution in [0.25, 0.3) is 0 Å². The lowest BCUT2D eigenvalue weighted by Crippen LogP contribution is -2.29. The van der Waals surface area contributed by atoms with Gasteiger partial charge in [-0.3, -0.25) is 4.79 Å². The van der Waals surface area contributed by atoms with Gasteiger partial charge < -0.3 is 16.0 Å². The van der Waals surface area contributed by atoms with Crippen LogP contribution in [0.2, 0.25) is 0 Å². The van der Waals surface area contributed by atoms with Crippen molar-refractivity contribution in [2.24, 2.45) is 5.73 Å². The first-order valence-corrected chi connectivity index (χ1v) is 10.3. The van der Waals surface area contributed by atoms with Crippen LogP contribution in [0, 0.1) is 0 Å². The zero-order valence-electron chi connectivity index (χ0n) is 15.7. The van der Waals surface area contributed by atoms with Gasteiger partial charge in [-0.2, -0.15) is 0 Å². The summed E-state index contributed by atoms with van der Waals surface area (Å²) in [5.41, 5.74) is 6.21. The SMILES string of the molecule is Cl.Cl.NCCNS(=O)(=O)c1cccc(NC(=O)c2cccnc2N2CCCC2)c1. The quantitative estimate of drug-likeness (QED) is 0.580. The van der Waals surface area contributed by atoms with E-state index >= 15 is 0 Å². The minimum Gasteiger partial charge on any atom is -0.356 e. The zero-order valence-corrected chi connectivity index (χ0v) is 18.2. The number of nitrogens with two attached hydrogens (primary N) is 1. The number of aromatic nitrogens is 1. The normalized spacial score (nSPS) is 13.3. The standard InChI is InChI=1S/C18H23N5O3S.2ClH/c19-8-10-21-27(25,26)15-6-3-5-14(13-15)22-18(24)16-7-4-9-20-17(16)23-11-1-2-12-23;;/h3-7,9,13,21H,1-2,8,10-12,19H2,(H,22,24);2*1H. The van der Waals surface area contributed by atoms with Crippen molar-refractivity contribution < 1.29 is 13.2 Å². The Kier molecular flexibility index (Phi) is 9.81. The van der Waals surface area contributed by atoms with Crippen molar-refractivity contribution in [1.82, 2.24) is 9.71 Å². The molecule has 1 aliphatic rings. The highest BCUT2D eigenvalue weighted by Crippen LogP contribution is 2.23. The minimum absolute atomic E-state index is 0. The van der Waals surface area contributed by atoms with Crippen LogP contribution in [0.4, 0.5) is 11.5 Å². The Labute approximate surface area is 183 Å². The molecular weight excluding hydrogens is 437 g/mol. The van der Waals surface area contributed by atoms with Crippen molar-refractivity contribution in [3.8, 4) is 0 Å². The minimum atomic E-state index is -3.67. The lowest BCUT2D eigenvalue weighted by molar-refractivity contribution is 0.102. The van der Waals surface area contributed by atoms with Gasteiger partial charge in [-0.25, -0.2) is 18.1 Å². The average molecular weight is 462 g/mol. The fourth-order valence-corrected chi connectivity index (χ4v) is 4.06. The third-order valence-corrected chi connectivity index (χ3v) is 5.73. The average Bonchev–Trinajstić information content (AvgIpc) is 3.21. The molecule has 4 N–H and O–H groups in total. The Morgan fingerprint density at radius 2 is 1.86 bits per heavy atom. The molecule has 160 valence electrons. The molecule has 0 unspecified atom stereocenters. The molecule has 0 atom stereocenters. The molecule has 29 heavy (non-hydrogen) atoms. The Hall–Kier alpha value is -1.91. The van der Waals surface area contributed by atoms with E-state index in [0.717, 1.165) is 25.9 Å². The second-order valence-corrected chi connectivity index (χ2v) is 8.00. The Bertz CT molecular complexity index is 921. The number of sulfonamides is 1. The van der Waals surface area contributed by atoms with Crippen LogP contribution in [0.15, 0.2) is 47.5 Å². The van der Waals surface area contributed by atoms with Crippen LogP contribution >= 0.6 is 24.8 Å². The van der Waals surface area contributed by atoms with Gasteiger partial charge in [0.05, 0.1) is 10.5 Å². The maximum atomic E-state index is 12.8. The first-order chi connectivity index (χ1) is 13.0. The van der Waals surface area contributed by atoms with E-state index in [1.807, 2.05) is 0 Å². The van der Waals surface area contributed by atoms with Crippen molar-refractivity contribution in [2.45, 2.75) is 17.7 Å². The Morgan fingerprint density at radius 1 is 1.14 bits per heavy atom. The van der Waals surface area contributed by atoms with Crippen molar-refractivity contribution in [3.63, 3.8) is 0 Å². The van der Waals surface area contributed by atoms with E-state index in [9.17, 15) is 13.2 Å². The molecule has 0 spiro atoms. The van der Waals surface area contributed by atoms with Gasteiger partial charge in [-0.1, -0.05) is 6.07 Å². The number of halogens is 2. The number of hydrogen-bond donors (Lipinski definition) is 3. The molecule has 1 fully saturated rings. The summed E-state index contributed by atoms with van der Waals surface area (Å²) in [6, 6.07) is 9.55. The lowest BCUT2D eigenvalue weighted by atomic mass is 10.2. The van der Waals surface area contributed by atoms with Crippen LogP contribution in [0.1, 0.15) is 23.2 Å². The molecule has 0 radical (unpaired) electrons. The van der Waals surface area contributed by atoms with Gasteiger partial charge in [0.2, 0.25) is 10.0 Å². The second kappa shape index (κ2) is 11.3. The number of benzene rings is 1. The number of carbonyl (C=O) groups excluding carboxylic acids is 1. The molecule has 1 amide bonds. The first kappa shape index (κ1) is 25.1. The number of amides is 1. The monoisotopic (exact) mass is 461 g/mol. The Balaban J connectivity index is 0.00000210. The second-order valence-electron chi connectivity index (χ2n) is 6.24. The molecule has 3 rings (SSSR count). The predicted octanol–water partition coefficient (Wildman–Crippen LogP) is 2.01. The van der Waals surface area contributed by atoms with E-state index in [1.54, 1.807) is 30.5 Å². The van der Waals surface area contributed by atoms with Crippen LogP contribution in [-0.4, -0.2) is 45.5 Å². The largest absolute Gasteiger partial charge is 0.356 e. The number of rotatable bonds is 7. The van der Waals surface area contributed by atoms with Crippen LogP contribution < -0.4 is 20.7 Å². The van der Waals surface area contributed by atoms with Gasteiger partial charge >= 0.3 is 0 Å². The highest BCUT2D eigenvalue weighted by molar-refractivity contribution is 7.89. The van der Waals surface area contributed by atoms with E-state index in [2.05, 4.69) is 19.9 Å². The zero-order chi connectivity index (χ0) is 19.3. The van der Waals surface area contributed by atoms with Gasteiger partial charge in [0, 0.05) is 38.1 Å². The number of nitrogens with one attached hydrogen (secondary N) is 2. The summed E-state index contributed by atoms with van der Waals surface area (Å²) in [6.07, 6.45) is 3.82. The molecule has 1 saturated heterocycles. The van der Waals surface area contributed by atoms with E-state index < -0.39 is 10.0 Å². The molecule has 8 nitrogen and oxygen atoms in total. The molecule has 1 aromatic heterocycles. The van der Waals surface area contributed by atoms with E-state index in [0.29, 0.717) is 17.1 Å². The fraction of sp³-hybridized carbons (Fsp3) is 0.333. The van der Waals surface area contributed by atoms with Crippen molar-refractivity contribution >= 4 is 52.2 Å². The predicted molar refractivity (Wildman–Crippen MR) is 119 cm³/mol. The maximum absolute atomic E-state index is 12.8. The number of hydrogen-bond acceptors (Lipinski definition) is 6. The maximum Gasteiger partial charge on any atom is 0.259 e. The first-order valence-electron chi connectivity index (χ1n) is 8.82. The highest BCUT2D eigenvalue weighted by atomic mass is 35.5. The topological polar surface area (TPSA) is 117 Å². The molecule has 11 heteroatoms. The van der Waals surface area contributed by atoms with Gasteiger partial charge in [0.25, 0.3) is 5.91 Å². The number of anilines is 2. The number of nitrogens with zero attached hydrogens (tertiary/aromatic N) is 2. The van der Waals surface area contributed by atoms with Crippen LogP contribution in [0.3, 0.4) is 0 Å². The van der Waals surface area contributed by atoms with Crippen LogP contribution in [0.5, 0.6) is 0 Å². The summed E-state index contributed by atoms with van der Waals surface area (Å²) >= 11 is 0. The molecule has 0 aliphatic carbocycles. The molecular formula is C18H25Cl2N5O3S. The summed E-state index contributed by atoms with van der Waals surface area (Å²) in [6.45, 7) is 2.10. The summed E-state index contributed by atoms with van der Waals surface area (Å²) in [4.78, 5) is 19.3. The molecule has 0 bridgehead atoms. The number of carbonyl (C=O) groups is 1. The molecule has 1 aliphatic heterocycles. The van der Waals surface area contributed by atoms with Gasteiger partial charge in [-0.05, 0) is 43.2 Å². The smallest absolute Gasteiger partial charge is 0.259 e.